The van der Waals surface area contributed by atoms with Crippen molar-refractivity contribution in [2.45, 2.75) is 32.1 Å². The van der Waals surface area contributed by atoms with Crippen molar-refractivity contribution in [1.29, 1.82) is 0 Å². The van der Waals surface area contributed by atoms with Crippen LogP contribution in [0.2, 0.25) is 0 Å². The molecule has 2 N–H and O–H groups in total. The fourth-order valence-corrected chi connectivity index (χ4v) is 2.50. The van der Waals surface area contributed by atoms with E-state index in [0.717, 1.165) is 43.5 Å². The molecule has 13 heavy (non-hydrogen) atoms. The average molecular weight is 182 g/mol. The lowest BCUT2D eigenvalue weighted by molar-refractivity contribution is 0.288. The van der Waals surface area contributed by atoms with Gasteiger partial charge in [-0.05, 0) is 32.1 Å². The van der Waals surface area contributed by atoms with Crippen LogP contribution in [0.5, 0.6) is 0 Å². The molecule has 0 spiro atoms. The van der Waals surface area contributed by atoms with Gasteiger partial charge in [0.05, 0.1) is 11.4 Å². The van der Waals surface area contributed by atoms with E-state index in [1.54, 1.807) is 0 Å². The molecule has 72 valence electrons. The van der Waals surface area contributed by atoms with Gasteiger partial charge in [-0.2, -0.15) is 0 Å². The van der Waals surface area contributed by atoms with Crippen molar-refractivity contribution in [3.8, 4) is 0 Å². The zero-order chi connectivity index (χ0) is 9.26. The average Bonchev–Trinajstić information content (AvgIpc) is 2.19. The normalized spacial score (nSPS) is 39.7. The van der Waals surface area contributed by atoms with Crippen molar-refractivity contribution in [2.24, 2.45) is 22.1 Å². The molecule has 2 fully saturated rings. The molecule has 2 atom stereocenters. The van der Waals surface area contributed by atoms with E-state index >= 15 is 0 Å². The molecule has 0 aromatic rings. The van der Waals surface area contributed by atoms with Gasteiger partial charge in [-0.25, -0.2) is 0 Å². The maximum Gasteiger partial charge on any atom is 0.0602 e. The van der Waals surface area contributed by atoms with Crippen molar-refractivity contribution >= 4 is 11.4 Å². The van der Waals surface area contributed by atoms with Gasteiger partial charge >= 0.3 is 0 Å². The standard InChI is InChI=1S/C9H14N2O2/c12-10-8-3-1-6-5-7(8)2-4-9(6)11-13/h6-7,12-13H,1-5H2/b10-8-,11-9+/t6-,7-/m1/s1. The van der Waals surface area contributed by atoms with E-state index in [9.17, 15) is 0 Å². The zero-order valence-electron chi connectivity index (χ0n) is 7.48. The van der Waals surface area contributed by atoms with E-state index in [0.29, 0.717) is 11.8 Å². The van der Waals surface area contributed by atoms with Crippen molar-refractivity contribution in [3.63, 3.8) is 0 Å². The zero-order valence-corrected chi connectivity index (χ0v) is 7.48. The topological polar surface area (TPSA) is 65.2 Å². The highest BCUT2D eigenvalue weighted by Gasteiger charge is 2.34. The number of nitrogens with zero attached hydrogens (tertiary/aromatic N) is 2. The quantitative estimate of drug-likeness (QED) is 0.443. The highest BCUT2D eigenvalue weighted by molar-refractivity contribution is 5.94. The van der Waals surface area contributed by atoms with E-state index in [1.165, 1.54) is 0 Å². The number of hydrogen-bond donors (Lipinski definition) is 2. The maximum atomic E-state index is 8.73. The first kappa shape index (κ1) is 8.53. The summed E-state index contributed by atoms with van der Waals surface area (Å²) in [5, 5.41) is 24.1. The summed E-state index contributed by atoms with van der Waals surface area (Å²) in [6.07, 6.45) is 4.64. The predicted octanol–water partition coefficient (Wildman–Crippen LogP) is 1.86. The molecule has 0 amide bonds. The summed E-state index contributed by atoms with van der Waals surface area (Å²) in [6.45, 7) is 0. The molecule has 0 aromatic carbocycles. The largest absolute Gasteiger partial charge is 0.411 e. The number of hydrogen-bond acceptors (Lipinski definition) is 4. The van der Waals surface area contributed by atoms with Crippen molar-refractivity contribution in [2.75, 3.05) is 0 Å². The van der Waals surface area contributed by atoms with E-state index in [4.69, 9.17) is 10.4 Å². The summed E-state index contributed by atoms with van der Waals surface area (Å²) in [4.78, 5) is 0. The Hall–Kier alpha value is -1.06. The predicted molar refractivity (Wildman–Crippen MR) is 48.5 cm³/mol. The monoisotopic (exact) mass is 182 g/mol. The molecule has 0 saturated heterocycles. The van der Waals surface area contributed by atoms with Crippen LogP contribution in [0.3, 0.4) is 0 Å². The summed E-state index contributed by atoms with van der Waals surface area (Å²) in [5.74, 6) is 0.850. The van der Waals surface area contributed by atoms with Crippen molar-refractivity contribution < 1.29 is 10.4 Å². The van der Waals surface area contributed by atoms with Crippen LogP contribution in [0.15, 0.2) is 10.3 Å². The Kier molecular flexibility index (Phi) is 2.20. The molecule has 0 radical (unpaired) electrons. The summed E-state index contributed by atoms with van der Waals surface area (Å²) >= 11 is 0. The van der Waals surface area contributed by atoms with Crippen LogP contribution < -0.4 is 0 Å². The minimum Gasteiger partial charge on any atom is -0.411 e. The van der Waals surface area contributed by atoms with Crippen LogP contribution in [-0.2, 0) is 0 Å². The number of fused-ring (bicyclic) bond motifs is 2. The van der Waals surface area contributed by atoms with E-state index < -0.39 is 0 Å². The van der Waals surface area contributed by atoms with Gasteiger partial charge in [0.2, 0.25) is 0 Å². The second-order valence-electron chi connectivity index (χ2n) is 3.89. The molecule has 2 bridgehead atoms. The molecule has 0 heterocycles. The van der Waals surface area contributed by atoms with E-state index in [-0.39, 0.29) is 0 Å². The molecule has 4 nitrogen and oxygen atoms in total. The minimum absolute atomic E-state index is 0.425. The van der Waals surface area contributed by atoms with E-state index in [1.807, 2.05) is 0 Å². The number of oxime groups is 2. The van der Waals surface area contributed by atoms with Crippen LogP contribution >= 0.6 is 0 Å². The van der Waals surface area contributed by atoms with Gasteiger partial charge in [0.15, 0.2) is 0 Å². The van der Waals surface area contributed by atoms with Crippen molar-refractivity contribution in [1.82, 2.24) is 0 Å². The Morgan fingerprint density at radius 2 is 1.38 bits per heavy atom. The number of rotatable bonds is 0. The molecular weight excluding hydrogens is 168 g/mol. The van der Waals surface area contributed by atoms with Gasteiger partial charge in [0.1, 0.15) is 0 Å². The lowest BCUT2D eigenvalue weighted by atomic mass is 9.70. The first-order valence-corrected chi connectivity index (χ1v) is 4.76. The van der Waals surface area contributed by atoms with Gasteiger partial charge in [-0.15, -0.1) is 0 Å². The second kappa shape index (κ2) is 3.36. The highest BCUT2D eigenvalue weighted by Crippen LogP contribution is 2.36. The molecule has 0 aromatic heterocycles. The van der Waals surface area contributed by atoms with Crippen LogP contribution in [-0.4, -0.2) is 21.8 Å². The van der Waals surface area contributed by atoms with E-state index in [2.05, 4.69) is 10.3 Å². The van der Waals surface area contributed by atoms with Gasteiger partial charge in [0.25, 0.3) is 0 Å². The van der Waals surface area contributed by atoms with Gasteiger partial charge in [0, 0.05) is 11.8 Å². The Bertz CT molecular complexity index is 234. The van der Waals surface area contributed by atoms with Gasteiger partial charge in [-0.1, -0.05) is 10.3 Å². The SMILES string of the molecule is O/N=C1/CC[C@@H]2C[C@H]1CC/C2=N\O. The van der Waals surface area contributed by atoms with Crippen LogP contribution in [0.25, 0.3) is 0 Å². The smallest absolute Gasteiger partial charge is 0.0602 e. The van der Waals surface area contributed by atoms with Crippen LogP contribution in [0.1, 0.15) is 32.1 Å². The first-order chi connectivity index (χ1) is 6.35. The van der Waals surface area contributed by atoms with Gasteiger partial charge < -0.3 is 10.4 Å². The summed E-state index contributed by atoms with van der Waals surface area (Å²) in [7, 11) is 0. The summed E-state index contributed by atoms with van der Waals surface area (Å²) in [5.41, 5.74) is 1.88. The maximum absolute atomic E-state index is 8.73. The second-order valence-corrected chi connectivity index (χ2v) is 3.89. The Labute approximate surface area is 76.9 Å². The molecule has 4 heteroatoms. The Balaban J connectivity index is 2.13. The van der Waals surface area contributed by atoms with Crippen LogP contribution in [0.4, 0.5) is 0 Å². The molecule has 2 aliphatic carbocycles. The molecule has 2 rings (SSSR count). The third-order valence-corrected chi connectivity index (χ3v) is 3.27. The summed E-state index contributed by atoms with van der Waals surface area (Å²) < 4.78 is 0. The fraction of sp³-hybridized carbons (Fsp3) is 0.778. The Morgan fingerprint density at radius 3 is 1.77 bits per heavy atom. The molecule has 0 aliphatic heterocycles. The molecular formula is C9H14N2O2. The van der Waals surface area contributed by atoms with Crippen LogP contribution in [0, 0.1) is 11.8 Å². The minimum atomic E-state index is 0.425. The molecule has 2 saturated carbocycles. The first-order valence-electron chi connectivity index (χ1n) is 4.76. The molecule has 0 unspecified atom stereocenters. The third kappa shape index (κ3) is 1.41. The van der Waals surface area contributed by atoms with Gasteiger partial charge in [-0.3, -0.25) is 0 Å². The lowest BCUT2D eigenvalue weighted by Crippen LogP contribution is -2.34. The lowest BCUT2D eigenvalue weighted by Gasteiger charge is -2.34. The molecule has 2 aliphatic rings. The third-order valence-electron chi connectivity index (χ3n) is 3.27. The summed E-state index contributed by atoms with van der Waals surface area (Å²) in [6, 6.07) is 0. The Morgan fingerprint density at radius 1 is 0.923 bits per heavy atom. The highest BCUT2D eigenvalue weighted by atomic mass is 16.4. The fourth-order valence-electron chi connectivity index (χ4n) is 2.50. The van der Waals surface area contributed by atoms with Crippen molar-refractivity contribution in [3.05, 3.63) is 0 Å².